The van der Waals surface area contributed by atoms with Crippen LogP contribution < -0.4 is 0 Å². The summed E-state index contributed by atoms with van der Waals surface area (Å²) in [7, 11) is 0. The molecular formula is C17H17N5O3S. The Labute approximate surface area is 154 Å². The summed E-state index contributed by atoms with van der Waals surface area (Å²) in [5, 5.41) is 8.85. The molecule has 8 nitrogen and oxygen atoms in total. The van der Waals surface area contributed by atoms with Gasteiger partial charge in [-0.2, -0.15) is 0 Å². The van der Waals surface area contributed by atoms with Crippen LogP contribution in [0.2, 0.25) is 0 Å². The summed E-state index contributed by atoms with van der Waals surface area (Å²) < 4.78 is 6.47. The van der Waals surface area contributed by atoms with E-state index in [1.807, 2.05) is 30.3 Å². The highest BCUT2D eigenvalue weighted by molar-refractivity contribution is 8.00. The van der Waals surface area contributed by atoms with E-state index < -0.39 is 5.97 Å². The number of benzene rings is 1. The van der Waals surface area contributed by atoms with Crippen molar-refractivity contribution < 1.29 is 14.3 Å². The molecule has 0 unspecified atom stereocenters. The second-order valence-electron chi connectivity index (χ2n) is 5.39. The highest BCUT2D eigenvalue weighted by Gasteiger charge is 2.15. The second-order valence-corrected chi connectivity index (χ2v) is 6.36. The van der Waals surface area contributed by atoms with Crippen molar-refractivity contribution in [3.63, 3.8) is 0 Å². The molecule has 0 bridgehead atoms. The number of carbonyl (C=O) groups excluding carboxylic acids is 2. The number of thioether (sulfide) groups is 1. The van der Waals surface area contributed by atoms with Crippen molar-refractivity contribution in [3.8, 4) is 0 Å². The molecule has 0 fully saturated rings. The monoisotopic (exact) mass is 371 g/mol. The third-order valence-corrected chi connectivity index (χ3v) is 4.50. The largest absolute Gasteiger partial charge is 0.466 e. The van der Waals surface area contributed by atoms with Crippen LogP contribution in [0, 0.1) is 0 Å². The number of carbonyl (C=O) groups is 2. The standard InChI is InChI=1S/C17H17N5O3S/c1-2-25-14(24)8-13(23)10-26-17-15-16(18-11-19-17)22(21-20-15)9-12-6-4-3-5-7-12/h3-7,11H,2,8-10H2,1H3. The van der Waals surface area contributed by atoms with Crippen molar-refractivity contribution in [2.75, 3.05) is 12.4 Å². The van der Waals surface area contributed by atoms with Gasteiger partial charge in [0.2, 0.25) is 0 Å². The van der Waals surface area contributed by atoms with Gasteiger partial charge in [0.1, 0.15) is 17.8 Å². The molecule has 0 amide bonds. The van der Waals surface area contributed by atoms with E-state index >= 15 is 0 Å². The summed E-state index contributed by atoms with van der Waals surface area (Å²) >= 11 is 1.21. The van der Waals surface area contributed by atoms with E-state index in [0.29, 0.717) is 22.7 Å². The number of hydrogen-bond acceptors (Lipinski definition) is 8. The third-order valence-electron chi connectivity index (χ3n) is 3.46. The number of Topliss-reactive ketones (excluding diaryl/α,β-unsaturated/α-hetero) is 1. The molecule has 3 rings (SSSR count). The van der Waals surface area contributed by atoms with Crippen LogP contribution in [-0.4, -0.2) is 49.1 Å². The molecule has 0 saturated heterocycles. The topological polar surface area (TPSA) is 99.9 Å². The zero-order chi connectivity index (χ0) is 18.4. The molecule has 2 aromatic heterocycles. The number of rotatable bonds is 8. The van der Waals surface area contributed by atoms with Gasteiger partial charge in [-0.05, 0) is 12.5 Å². The van der Waals surface area contributed by atoms with Crippen LogP contribution in [0.3, 0.4) is 0 Å². The molecule has 3 aromatic rings. The SMILES string of the molecule is CCOC(=O)CC(=O)CSc1ncnc2c1nnn2Cc1ccccc1. The fourth-order valence-electron chi connectivity index (χ4n) is 2.31. The van der Waals surface area contributed by atoms with Crippen molar-refractivity contribution in [2.45, 2.75) is 24.9 Å². The number of hydrogen-bond donors (Lipinski definition) is 0. The minimum absolute atomic E-state index is 0.108. The highest BCUT2D eigenvalue weighted by atomic mass is 32.2. The van der Waals surface area contributed by atoms with Crippen LogP contribution in [0.4, 0.5) is 0 Å². The van der Waals surface area contributed by atoms with Gasteiger partial charge in [-0.3, -0.25) is 9.59 Å². The van der Waals surface area contributed by atoms with Crippen molar-refractivity contribution in [1.29, 1.82) is 0 Å². The zero-order valence-electron chi connectivity index (χ0n) is 14.2. The van der Waals surface area contributed by atoms with E-state index in [1.54, 1.807) is 11.6 Å². The second kappa shape index (κ2) is 8.52. The average molecular weight is 371 g/mol. The van der Waals surface area contributed by atoms with Crippen LogP contribution in [0.1, 0.15) is 18.9 Å². The van der Waals surface area contributed by atoms with Crippen molar-refractivity contribution in [2.24, 2.45) is 0 Å². The minimum Gasteiger partial charge on any atom is -0.466 e. The first-order valence-electron chi connectivity index (χ1n) is 8.05. The molecule has 2 heterocycles. The van der Waals surface area contributed by atoms with Gasteiger partial charge in [0.15, 0.2) is 16.9 Å². The number of ketones is 1. The smallest absolute Gasteiger partial charge is 0.313 e. The number of fused-ring (bicyclic) bond motifs is 1. The molecule has 0 radical (unpaired) electrons. The summed E-state index contributed by atoms with van der Waals surface area (Å²) in [5.74, 6) is -0.632. The molecule has 0 aliphatic rings. The van der Waals surface area contributed by atoms with Crippen LogP contribution in [0.25, 0.3) is 11.2 Å². The predicted molar refractivity (Wildman–Crippen MR) is 95.6 cm³/mol. The fraction of sp³-hybridized carbons (Fsp3) is 0.294. The lowest BCUT2D eigenvalue weighted by molar-refractivity contribution is -0.145. The first kappa shape index (κ1) is 18.0. The Morgan fingerprint density at radius 2 is 2.00 bits per heavy atom. The Morgan fingerprint density at radius 3 is 2.77 bits per heavy atom. The van der Waals surface area contributed by atoms with Gasteiger partial charge in [0, 0.05) is 0 Å². The summed E-state index contributed by atoms with van der Waals surface area (Å²) in [6, 6.07) is 9.86. The van der Waals surface area contributed by atoms with Gasteiger partial charge in [-0.1, -0.05) is 47.3 Å². The summed E-state index contributed by atoms with van der Waals surface area (Å²) in [5.41, 5.74) is 2.22. The third kappa shape index (κ3) is 4.42. The Hall–Kier alpha value is -2.81. The first-order chi connectivity index (χ1) is 12.7. The lowest BCUT2D eigenvalue weighted by Crippen LogP contribution is -2.12. The number of esters is 1. The molecule has 0 saturated carbocycles. The van der Waals surface area contributed by atoms with Gasteiger partial charge in [0.05, 0.1) is 18.9 Å². The van der Waals surface area contributed by atoms with Crippen LogP contribution in [0.15, 0.2) is 41.7 Å². The number of aromatic nitrogens is 5. The van der Waals surface area contributed by atoms with Crippen LogP contribution >= 0.6 is 11.8 Å². The maximum atomic E-state index is 11.9. The Kier molecular flexibility index (Phi) is 5.90. The fourth-order valence-corrected chi connectivity index (χ4v) is 3.10. The van der Waals surface area contributed by atoms with E-state index in [1.165, 1.54) is 18.1 Å². The number of nitrogens with zero attached hydrogens (tertiary/aromatic N) is 5. The van der Waals surface area contributed by atoms with Crippen molar-refractivity contribution >= 4 is 34.7 Å². The summed E-state index contributed by atoms with van der Waals surface area (Å²) in [6.07, 6.45) is 1.18. The van der Waals surface area contributed by atoms with Gasteiger partial charge in [-0.25, -0.2) is 14.6 Å². The Morgan fingerprint density at radius 1 is 1.19 bits per heavy atom. The van der Waals surface area contributed by atoms with Gasteiger partial charge >= 0.3 is 5.97 Å². The Balaban J connectivity index is 1.70. The molecule has 134 valence electrons. The molecule has 26 heavy (non-hydrogen) atoms. The maximum Gasteiger partial charge on any atom is 0.313 e. The van der Waals surface area contributed by atoms with Crippen molar-refractivity contribution in [1.82, 2.24) is 25.0 Å². The quantitative estimate of drug-likeness (QED) is 0.256. The molecule has 0 aliphatic heterocycles. The van der Waals surface area contributed by atoms with Crippen molar-refractivity contribution in [3.05, 3.63) is 42.2 Å². The van der Waals surface area contributed by atoms with Gasteiger partial charge in [-0.15, -0.1) is 5.10 Å². The van der Waals surface area contributed by atoms with Crippen LogP contribution in [0.5, 0.6) is 0 Å². The van der Waals surface area contributed by atoms with Crippen LogP contribution in [-0.2, 0) is 20.9 Å². The molecule has 9 heteroatoms. The first-order valence-corrected chi connectivity index (χ1v) is 9.04. The lowest BCUT2D eigenvalue weighted by Gasteiger charge is -2.03. The Bertz CT molecular complexity index is 913. The maximum absolute atomic E-state index is 11.9. The highest BCUT2D eigenvalue weighted by Crippen LogP contribution is 2.23. The van der Waals surface area contributed by atoms with Gasteiger partial charge in [0.25, 0.3) is 0 Å². The van der Waals surface area contributed by atoms with E-state index in [-0.39, 0.29) is 24.6 Å². The van der Waals surface area contributed by atoms with E-state index in [4.69, 9.17) is 4.74 Å². The molecule has 0 N–H and O–H groups in total. The zero-order valence-corrected chi connectivity index (χ0v) is 15.0. The molecule has 0 spiro atoms. The van der Waals surface area contributed by atoms with E-state index in [0.717, 1.165) is 5.56 Å². The average Bonchev–Trinajstić information content (AvgIpc) is 3.04. The molecule has 1 aromatic carbocycles. The van der Waals surface area contributed by atoms with Gasteiger partial charge < -0.3 is 4.74 Å². The predicted octanol–water partition coefficient (Wildman–Crippen LogP) is 1.88. The van der Waals surface area contributed by atoms with E-state index in [9.17, 15) is 9.59 Å². The molecule has 0 atom stereocenters. The normalized spacial score (nSPS) is 10.8. The summed E-state index contributed by atoms with van der Waals surface area (Å²) in [4.78, 5) is 31.7. The summed E-state index contributed by atoms with van der Waals surface area (Å²) in [6.45, 7) is 2.50. The van der Waals surface area contributed by atoms with E-state index in [2.05, 4.69) is 20.3 Å². The molecular weight excluding hydrogens is 354 g/mol. The molecule has 0 aliphatic carbocycles. The lowest BCUT2D eigenvalue weighted by atomic mass is 10.2. The minimum atomic E-state index is -0.514. The number of ether oxygens (including phenoxy) is 1.